The minimum absolute atomic E-state index is 0.0698. The van der Waals surface area contributed by atoms with Gasteiger partial charge in [0.25, 0.3) is 5.56 Å². The van der Waals surface area contributed by atoms with Crippen molar-refractivity contribution in [2.24, 2.45) is 5.92 Å². The maximum atomic E-state index is 12.4. The number of aromatic amines is 1. The third-order valence-corrected chi connectivity index (χ3v) is 5.69. The number of rotatable bonds is 4. The van der Waals surface area contributed by atoms with Gasteiger partial charge in [0.05, 0.1) is 22.3 Å². The van der Waals surface area contributed by atoms with E-state index in [0.29, 0.717) is 11.3 Å². The van der Waals surface area contributed by atoms with Gasteiger partial charge in [-0.05, 0) is 31.2 Å². The summed E-state index contributed by atoms with van der Waals surface area (Å²) in [6.07, 6.45) is 4.14. The molecule has 0 radical (unpaired) electrons. The van der Waals surface area contributed by atoms with Gasteiger partial charge in [-0.3, -0.25) is 14.7 Å². The van der Waals surface area contributed by atoms with Gasteiger partial charge >= 0.3 is 0 Å². The van der Waals surface area contributed by atoms with Crippen LogP contribution in [0.15, 0.2) is 34.4 Å². The van der Waals surface area contributed by atoms with E-state index in [1.54, 1.807) is 11.3 Å². The molecule has 0 spiro atoms. The van der Waals surface area contributed by atoms with E-state index in [4.69, 9.17) is 0 Å². The van der Waals surface area contributed by atoms with Crippen LogP contribution in [-0.4, -0.2) is 20.5 Å². The molecule has 0 saturated heterocycles. The molecule has 4 rings (SSSR count). The van der Waals surface area contributed by atoms with Crippen molar-refractivity contribution in [1.82, 2.24) is 19.9 Å². The van der Waals surface area contributed by atoms with Crippen LogP contribution < -0.4 is 10.9 Å². The molecule has 1 atom stereocenters. The lowest BCUT2D eigenvalue weighted by atomic mass is 10.1. The maximum absolute atomic E-state index is 12.4. The Hall–Kier alpha value is -2.41. The van der Waals surface area contributed by atoms with E-state index >= 15 is 0 Å². The highest BCUT2D eigenvalue weighted by Crippen LogP contribution is 2.26. The standard InChI is InChI=1S/C18H20N4O2S/c1-11(19-18(24)12-5-2-3-6-12)13-10-17(23)22-16(20-13)9-14(21-22)15-7-4-8-25-15/h4,7-12,21H,2-3,5-6H2,1H3,(H,19,24)/t11-/m1/s1. The summed E-state index contributed by atoms with van der Waals surface area (Å²) in [5, 5.41) is 8.08. The van der Waals surface area contributed by atoms with Crippen LogP contribution in [0.5, 0.6) is 0 Å². The van der Waals surface area contributed by atoms with Gasteiger partial charge in [-0.25, -0.2) is 9.50 Å². The van der Waals surface area contributed by atoms with Crippen LogP contribution in [0.25, 0.3) is 16.2 Å². The number of carbonyl (C=O) groups is 1. The Morgan fingerprint density at radius 2 is 2.20 bits per heavy atom. The fourth-order valence-corrected chi connectivity index (χ4v) is 4.07. The fraction of sp³-hybridized carbons (Fsp3) is 0.389. The Balaban J connectivity index is 1.61. The molecule has 0 aliphatic heterocycles. The van der Waals surface area contributed by atoms with Gasteiger partial charge in [-0.2, -0.15) is 0 Å². The SMILES string of the molecule is C[C@@H](NC(=O)C1CCCC1)c1cc(=O)n2[nH]c(-c3cccs3)cc2n1. The number of fused-ring (bicyclic) bond motifs is 1. The molecule has 1 aliphatic rings. The molecule has 7 heteroatoms. The van der Waals surface area contributed by atoms with Crippen molar-refractivity contribution in [2.45, 2.75) is 38.6 Å². The molecule has 0 bridgehead atoms. The number of H-pyrrole nitrogens is 1. The smallest absolute Gasteiger partial charge is 0.272 e. The largest absolute Gasteiger partial charge is 0.348 e. The first-order chi connectivity index (χ1) is 12.1. The maximum Gasteiger partial charge on any atom is 0.272 e. The molecule has 2 N–H and O–H groups in total. The number of aromatic nitrogens is 3. The Bertz CT molecular complexity index is 951. The van der Waals surface area contributed by atoms with E-state index in [1.165, 1.54) is 10.6 Å². The topological polar surface area (TPSA) is 79.3 Å². The van der Waals surface area contributed by atoms with Gasteiger partial charge in [0.15, 0.2) is 5.65 Å². The third-order valence-electron chi connectivity index (χ3n) is 4.79. The van der Waals surface area contributed by atoms with Crippen LogP contribution in [-0.2, 0) is 4.79 Å². The van der Waals surface area contributed by atoms with Gasteiger partial charge in [0.1, 0.15) is 0 Å². The van der Waals surface area contributed by atoms with E-state index in [-0.39, 0.29) is 23.4 Å². The predicted molar refractivity (Wildman–Crippen MR) is 97.6 cm³/mol. The Morgan fingerprint density at radius 3 is 2.92 bits per heavy atom. The van der Waals surface area contributed by atoms with Crippen molar-refractivity contribution in [3.05, 3.63) is 45.7 Å². The van der Waals surface area contributed by atoms with Gasteiger partial charge in [0.2, 0.25) is 5.91 Å². The molecule has 1 aliphatic carbocycles. The molecule has 0 unspecified atom stereocenters. The van der Waals surface area contributed by atoms with Crippen LogP contribution in [0.2, 0.25) is 0 Å². The van der Waals surface area contributed by atoms with Crippen molar-refractivity contribution in [2.75, 3.05) is 0 Å². The van der Waals surface area contributed by atoms with Gasteiger partial charge in [-0.15, -0.1) is 11.3 Å². The second-order valence-corrected chi connectivity index (χ2v) is 7.52. The van der Waals surface area contributed by atoms with E-state index in [9.17, 15) is 9.59 Å². The van der Waals surface area contributed by atoms with Crippen molar-refractivity contribution in [1.29, 1.82) is 0 Å². The minimum atomic E-state index is -0.286. The number of carbonyl (C=O) groups excluding carboxylic acids is 1. The molecule has 1 saturated carbocycles. The molecule has 130 valence electrons. The summed E-state index contributed by atoms with van der Waals surface area (Å²) in [5.74, 6) is 0.172. The first kappa shape index (κ1) is 16.1. The molecular weight excluding hydrogens is 336 g/mol. The highest BCUT2D eigenvalue weighted by atomic mass is 32.1. The van der Waals surface area contributed by atoms with Crippen molar-refractivity contribution >= 4 is 22.9 Å². The van der Waals surface area contributed by atoms with Crippen LogP contribution in [0.3, 0.4) is 0 Å². The number of hydrogen-bond acceptors (Lipinski definition) is 4. The van der Waals surface area contributed by atoms with Crippen LogP contribution in [0.4, 0.5) is 0 Å². The lowest BCUT2D eigenvalue weighted by Crippen LogP contribution is -2.32. The van der Waals surface area contributed by atoms with Gasteiger partial charge in [0, 0.05) is 18.1 Å². The average molecular weight is 356 g/mol. The lowest BCUT2D eigenvalue weighted by Gasteiger charge is -2.16. The normalized spacial score (nSPS) is 16.4. The van der Waals surface area contributed by atoms with E-state index < -0.39 is 0 Å². The molecule has 3 heterocycles. The minimum Gasteiger partial charge on any atom is -0.348 e. The van der Waals surface area contributed by atoms with Crippen molar-refractivity contribution in [3.63, 3.8) is 0 Å². The first-order valence-electron chi connectivity index (χ1n) is 8.59. The molecule has 25 heavy (non-hydrogen) atoms. The molecule has 1 amide bonds. The average Bonchev–Trinajstić information content (AvgIpc) is 3.33. The molecule has 1 fully saturated rings. The summed E-state index contributed by atoms with van der Waals surface area (Å²) in [7, 11) is 0. The quantitative estimate of drug-likeness (QED) is 0.754. The second kappa shape index (κ2) is 6.48. The summed E-state index contributed by atoms with van der Waals surface area (Å²) in [5.41, 5.74) is 1.84. The highest BCUT2D eigenvalue weighted by molar-refractivity contribution is 7.13. The monoisotopic (exact) mass is 356 g/mol. The van der Waals surface area contributed by atoms with Crippen LogP contribution >= 0.6 is 11.3 Å². The zero-order chi connectivity index (χ0) is 17.4. The Morgan fingerprint density at radius 1 is 1.40 bits per heavy atom. The van der Waals surface area contributed by atoms with Crippen LogP contribution in [0.1, 0.15) is 44.3 Å². The van der Waals surface area contributed by atoms with Gasteiger partial charge in [-0.1, -0.05) is 18.9 Å². The number of nitrogens with one attached hydrogen (secondary N) is 2. The molecule has 0 aromatic carbocycles. The molecule has 3 aromatic rings. The molecule has 3 aromatic heterocycles. The molecule has 6 nitrogen and oxygen atoms in total. The number of amides is 1. The van der Waals surface area contributed by atoms with Gasteiger partial charge < -0.3 is 5.32 Å². The Kier molecular flexibility index (Phi) is 4.17. The summed E-state index contributed by atoms with van der Waals surface area (Å²) in [6, 6.07) is 7.02. The highest BCUT2D eigenvalue weighted by Gasteiger charge is 2.24. The summed E-state index contributed by atoms with van der Waals surface area (Å²) >= 11 is 1.60. The van der Waals surface area contributed by atoms with Crippen LogP contribution in [0, 0.1) is 5.92 Å². The third kappa shape index (κ3) is 3.11. The Labute approximate surface area is 148 Å². The molecular formula is C18H20N4O2S. The second-order valence-electron chi connectivity index (χ2n) is 6.57. The van der Waals surface area contributed by atoms with E-state index in [0.717, 1.165) is 36.3 Å². The zero-order valence-corrected chi connectivity index (χ0v) is 14.8. The first-order valence-corrected chi connectivity index (χ1v) is 9.47. The van der Waals surface area contributed by atoms with E-state index in [2.05, 4.69) is 15.4 Å². The predicted octanol–water partition coefficient (Wildman–Crippen LogP) is 3.12. The fourth-order valence-electron chi connectivity index (χ4n) is 3.38. The van der Waals surface area contributed by atoms with Crippen molar-refractivity contribution < 1.29 is 4.79 Å². The van der Waals surface area contributed by atoms with E-state index in [1.807, 2.05) is 30.5 Å². The number of thiophene rings is 1. The zero-order valence-electron chi connectivity index (χ0n) is 14.0. The number of hydrogen-bond donors (Lipinski definition) is 2. The summed E-state index contributed by atoms with van der Waals surface area (Å²) in [6.45, 7) is 1.87. The van der Waals surface area contributed by atoms with Crippen molar-refractivity contribution in [3.8, 4) is 10.6 Å². The lowest BCUT2D eigenvalue weighted by molar-refractivity contribution is -0.125. The summed E-state index contributed by atoms with van der Waals surface area (Å²) in [4.78, 5) is 30.3. The number of nitrogens with zero attached hydrogens (tertiary/aromatic N) is 2. The summed E-state index contributed by atoms with van der Waals surface area (Å²) < 4.78 is 1.43.